The van der Waals surface area contributed by atoms with Gasteiger partial charge in [0.15, 0.2) is 0 Å². The zero-order valence-corrected chi connectivity index (χ0v) is 10.8. The van der Waals surface area contributed by atoms with Gasteiger partial charge in [0, 0.05) is 28.4 Å². The second-order valence-corrected chi connectivity index (χ2v) is 4.52. The number of hydrogen-bond acceptors (Lipinski definition) is 2. The average molecular weight is 253 g/mol. The molecule has 0 saturated heterocycles. The summed E-state index contributed by atoms with van der Waals surface area (Å²) in [6, 6.07) is 14.6. The van der Waals surface area contributed by atoms with E-state index in [1.54, 1.807) is 0 Å². The Hall–Kier alpha value is -2.29. The Morgan fingerprint density at radius 2 is 1.89 bits per heavy atom. The van der Waals surface area contributed by atoms with Gasteiger partial charge in [-0.1, -0.05) is 24.3 Å². The summed E-state index contributed by atoms with van der Waals surface area (Å²) in [5, 5.41) is 2.46. The third-order valence-electron chi connectivity index (χ3n) is 3.47. The van der Waals surface area contributed by atoms with Gasteiger partial charge in [-0.05, 0) is 30.7 Å². The van der Waals surface area contributed by atoms with E-state index in [9.17, 15) is 4.79 Å². The summed E-state index contributed by atoms with van der Waals surface area (Å²) < 4.78 is 7.13. The Balaban J connectivity index is 2.27. The summed E-state index contributed by atoms with van der Waals surface area (Å²) in [4.78, 5) is 10.3. The van der Waals surface area contributed by atoms with E-state index in [1.807, 2.05) is 6.07 Å². The van der Waals surface area contributed by atoms with Crippen LogP contribution in [-0.4, -0.2) is 11.0 Å². The number of hydrogen-bond donors (Lipinski definition) is 0. The van der Waals surface area contributed by atoms with Gasteiger partial charge >= 0.3 is 0 Å². The number of nitrogens with zero attached hydrogens (tertiary/aromatic N) is 1. The highest BCUT2D eigenvalue weighted by molar-refractivity contribution is 6.08. The molecule has 1 aromatic heterocycles. The van der Waals surface area contributed by atoms with Gasteiger partial charge in [0.2, 0.25) is 0 Å². The Morgan fingerprint density at radius 1 is 1.11 bits per heavy atom. The second-order valence-electron chi connectivity index (χ2n) is 4.52. The predicted octanol–water partition coefficient (Wildman–Crippen LogP) is 3.49. The molecule has 19 heavy (non-hydrogen) atoms. The van der Waals surface area contributed by atoms with Crippen molar-refractivity contribution in [1.82, 2.24) is 4.57 Å². The highest BCUT2D eigenvalue weighted by Crippen LogP contribution is 2.29. The molecule has 3 heteroatoms. The van der Waals surface area contributed by atoms with E-state index < -0.39 is 0 Å². The van der Waals surface area contributed by atoms with E-state index in [-0.39, 0.29) is 0 Å². The lowest BCUT2D eigenvalue weighted by Gasteiger charge is -2.03. The fraction of sp³-hybridized carbons (Fsp3) is 0.188. The Labute approximate surface area is 111 Å². The minimum atomic E-state index is 0.324. The lowest BCUT2D eigenvalue weighted by molar-refractivity contribution is -0.129. The van der Waals surface area contributed by atoms with Gasteiger partial charge in [-0.15, -0.1) is 0 Å². The third kappa shape index (κ3) is 1.87. The van der Waals surface area contributed by atoms with Gasteiger partial charge in [-0.3, -0.25) is 4.79 Å². The molecule has 3 nitrogen and oxygen atoms in total. The maximum atomic E-state index is 10.3. The van der Waals surface area contributed by atoms with Gasteiger partial charge in [-0.25, -0.2) is 0 Å². The quantitative estimate of drug-likeness (QED) is 0.666. The van der Waals surface area contributed by atoms with Crippen molar-refractivity contribution in [2.45, 2.75) is 20.1 Å². The van der Waals surface area contributed by atoms with Crippen LogP contribution in [0.5, 0.6) is 0 Å². The molecule has 0 spiro atoms. The predicted molar refractivity (Wildman–Crippen MR) is 76.0 cm³/mol. The Kier molecular flexibility index (Phi) is 2.95. The van der Waals surface area contributed by atoms with E-state index in [4.69, 9.17) is 4.74 Å². The number of rotatable bonds is 4. The van der Waals surface area contributed by atoms with Crippen LogP contribution in [0.15, 0.2) is 42.5 Å². The zero-order valence-electron chi connectivity index (χ0n) is 10.8. The normalized spacial score (nSPS) is 11.0. The van der Waals surface area contributed by atoms with E-state index in [2.05, 4.69) is 47.9 Å². The summed E-state index contributed by atoms with van der Waals surface area (Å²) in [5.74, 6) is 0. The van der Waals surface area contributed by atoms with E-state index in [0.717, 1.165) is 12.1 Å². The number of aryl methyl sites for hydroxylation is 1. The third-order valence-corrected chi connectivity index (χ3v) is 3.47. The van der Waals surface area contributed by atoms with Crippen molar-refractivity contribution in [3.05, 3.63) is 48.0 Å². The van der Waals surface area contributed by atoms with Crippen LogP contribution >= 0.6 is 0 Å². The highest BCUT2D eigenvalue weighted by Gasteiger charge is 2.09. The molecule has 0 aliphatic rings. The molecule has 3 rings (SSSR count). The SMILES string of the molecule is CCn1c2ccccc2c2cc(COC=O)ccc21. The van der Waals surface area contributed by atoms with Crippen LogP contribution in [0.25, 0.3) is 21.8 Å². The summed E-state index contributed by atoms with van der Waals surface area (Å²) >= 11 is 0. The lowest BCUT2D eigenvalue weighted by Crippen LogP contribution is -1.93. The van der Waals surface area contributed by atoms with Crippen molar-refractivity contribution in [2.75, 3.05) is 0 Å². The molecule has 0 radical (unpaired) electrons. The van der Waals surface area contributed by atoms with Crippen LogP contribution in [0.2, 0.25) is 0 Å². The first-order valence-electron chi connectivity index (χ1n) is 6.40. The second kappa shape index (κ2) is 4.76. The molecule has 0 aliphatic heterocycles. The molecule has 96 valence electrons. The zero-order chi connectivity index (χ0) is 13.2. The van der Waals surface area contributed by atoms with Crippen molar-refractivity contribution in [2.24, 2.45) is 0 Å². The molecule has 0 amide bonds. The van der Waals surface area contributed by atoms with Crippen molar-refractivity contribution in [3.63, 3.8) is 0 Å². The van der Waals surface area contributed by atoms with Crippen molar-refractivity contribution < 1.29 is 9.53 Å². The first-order valence-corrected chi connectivity index (χ1v) is 6.40. The van der Waals surface area contributed by atoms with Crippen LogP contribution in [0.4, 0.5) is 0 Å². The summed E-state index contributed by atoms with van der Waals surface area (Å²) in [7, 11) is 0. The molecule has 0 fully saturated rings. The standard InChI is InChI=1S/C16H15NO2/c1-2-17-15-6-4-3-5-13(15)14-9-12(10-19-11-18)7-8-16(14)17/h3-9,11H,2,10H2,1H3. The summed E-state index contributed by atoms with van der Waals surface area (Å²) in [6.07, 6.45) is 0. The largest absolute Gasteiger partial charge is 0.463 e. The maximum Gasteiger partial charge on any atom is 0.293 e. The molecular formula is C16H15NO2. The Morgan fingerprint density at radius 3 is 2.68 bits per heavy atom. The first kappa shape index (κ1) is 11.8. The number of para-hydroxylation sites is 1. The fourth-order valence-electron chi connectivity index (χ4n) is 2.66. The molecule has 2 aromatic carbocycles. The van der Waals surface area contributed by atoms with Gasteiger partial charge < -0.3 is 9.30 Å². The number of fused-ring (bicyclic) bond motifs is 3. The smallest absolute Gasteiger partial charge is 0.293 e. The van der Waals surface area contributed by atoms with E-state index in [1.165, 1.54) is 21.8 Å². The summed E-state index contributed by atoms with van der Waals surface area (Å²) in [6.45, 7) is 3.90. The number of carbonyl (C=O) groups excluding carboxylic acids is 1. The van der Waals surface area contributed by atoms with Crippen molar-refractivity contribution in [1.29, 1.82) is 0 Å². The molecule has 0 N–H and O–H groups in total. The number of carbonyl (C=O) groups is 1. The monoisotopic (exact) mass is 253 g/mol. The minimum absolute atomic E-state index is 0.324. The molecule has 0 bridgehead atoms. The van der Waals surface area contributed by atoms with E-state index in [0.29, 0.717) is 13.1 Å². The first-order chi connectivity index (χ1) is 9.35. The lowest BCUT2D eigenvalue weighted by atomic mass is 10.1. The van der Waals surface area contributed by atoms with Crippen molar-refractivity contribution >= 4 is 28.3 Å². The molecule has 0 unspecified atom stereocenters. The van der Waals surface area contributed by atoms with Crippen LogP contribution in [-0.2, 0) is 22.7 Å². The fourth-order valence-corrected chi connectivity index (χ4v) is 2.66. The molecule has 0 atom stereocenters. The average Bonchev–Trinajstić information content (AvgIpc) is 2.78. The van der Waals surface area contributed by atoms with Crippen molar-refractivity contribution in [3.8, 4) is 0 Å². The summed E-state index contributed by atoms with van der Waals surface area (Å²) in [5.41, 5.74) is 3.48. The minimum Gasteiger partial charge on any atom is -0.463 e. The Bertz CT molecular complexity index is 743. The van der Waals surface area contributed by atoms with Crippen LogP contribution in [0, 0.1) is 0 Å². The van der Waals surface area contributed by atoms with Gasteiger partial charge in [0.25, 0.3) is 6.47 Å². The topological polar surface area (TPSA) is 31.2 Å². The van der Waals surface area contributed by atoms with Gasteiger partial charge in [-0.2, -0.15) is 0 Å². The molecule has 1 heterocycles. The van der Waals surface area contributed by atoms with Crippen LogP contribution < -0.4 is 0 Å². The van der Waals surface area contributed by atoms with Gasteiger partial charge in [0.05, 0.1) is 0 Å². The van der Waals surface area contributed by atoms with Gasteiger partial charge in [0.1, 0.15) is 6.61 Å². The molecule has 0 aliphatic carbocycles. The van der Waals surface area contributed by atoms with E-state index >= 15 is 0 Å². The molecule has 3 aromatic rings. The molecule has 0 saturated carbocycles. The number of aromatic nitrogens is 1. The highest BCUT2D eigenvalue weighted by atomic mass is 16.5. The maximum absolute atomic E-state index is 10.3. The van der Waals surface area contributed by atoms with Crippen LogP contribution in [0.3, 0.4) is 0 Å². The number of benzene rings is 2. The number of ether oxygens (including phenoxy) is 1. The van der Waals surface area contributed by atoms with Crippen LogP contribution in [0.1, 0.15) is 12.5 Å². The molecular weight excluding hydrogens is 238 g/mol.